The van der Waals surface area contributed by atoms with Gasteiger partial charge < -0.3 is 14.7 Å². The van der Waals surface area contributed by atoms with Crippen LogP contribution in [0.5, 0.6) is 0 Å². The zero-order valence-corrected chi connectivity index (χ0v) is 10.3. The predicted molar refractivity (Wildman–Crippen MR) is 60.5 cm³/mol. The maximum absolute atomic E-state index is 12.3. The minimum atomic E-state index is -0.962. The van der Waals surface area contributed by atoms with Gasteiger partial charge in [0.1, 0.15) is 6.54 Å². The van der Waals surface area contributed by atoms with Crippen LogP contribution >= 0.6 is 0 Å². The molecule has 2 aliphatic heterocycles. The molecule has 3 atom stereocenters. The molecule has 2 bridgehead atoms. The Morgan fingerprint density at radius 1 is 1.41 bits per heavy atom. The molecule has 17 heavy (non-hydrogen) atoms. The molecule has 0 aliphatic carbocycles. The molecule has 0 aromatic heterocycles. The Morgan fingerprint density at radius 3 is 2.53 bits per heavy atom. The van der Waals surface area contributed by atoms with Crippen LogP contribution < -0.4 is 0 Å². The van der Waals surface area contributed by atoms with Crippen LogP contribution in [0.25, 0.3) is 0 Å². The summed E-state index contributed by atoms with van der Waals surface area (Å²) in [6.07, 6.45) is 2.96. The molecule has 96 valence electrons. The number of fused-ring (bicyclic) bond motifs is 2. The van der Waals surface area contributed by atoms with Crippen molar-refractivity contribution in [2.24, 2.45) is 5.92 Å². The minimum absolute atomic E-state index is 0.0162. The number of hydrogen-bond acceptors (Lipinski definition) is 3. The number of amides is 1. The van der Waals surface area contributed by atoms with Crippen molar-refractivity contribution in [2.45, 2.75) is 51.4 Å². The van der Waals surface area contributed by atoms with Crippen LogP contribution in [0.15, 0.2) is 0 Å². The molecule has 0 spiro atoms. The second-order valence-corrected chi connectivity index (χ2v) is 5.17. The molecule has 5 nitrogen and oxygen atoms in total. The number of hydrogen-bond donors (Lipinski definition) is 1. The first-order valence-electron chi connectivity index (χ1n) is 6.16. The minimum Gasteiger partial charge on any atom is -0.480 e. The van der Waals surface area contributed by atoms with Crippen molar-refractivity contribution in [1.82, 2.24) is 4.90 Å². The van der Waals surface area contributed by atoms with E-state index in [4.69, 9.17) is 9.84 Å². The summed E-state index contributed by atoms with van der Waals surface area (Å²) >= 11 is 0. The quantitative estimate of drug-likeness (QED) is 0.793. The van der Waals surface area contributed by atoms with Crippen LogP contribution in [-0.2, 0) is 14.3 Å². The van der Waals surface area contributed by atoms with Gasteiger partial charge >= 0.3 is 5.97 Å². The normalized spacial score (nSPS) is 30.9. The molecule has 2 aliphatic rings. The molecular weight excluding hydrogens is 222 g/mol. The molecule has 1 amide bonds. The zero-order valence-electron chi connectivity index (χ0n) is 10.3. The van der Waals surface area contributed by atoms with Crippen molar-refractivity contribution in [3.05, 3.63) is 0 Å². The standard InChI is InChI=1S/C12H19NO4/c1-7(2)13(6-11(14)15)12(16)9-5-8-3-4-10(9)17-8/h7-10H,3-6H2,1-2H3,(H,14,15). The molecule has 2 heterocycles. The summed E-state index contributed by atoms with van der Waals surface area (Å²) in [4.78, 5) is 24.5. The van der Waals surface area contributed by atoms with Crippen molar-refractivity contribution >= 4 is 11.9 Å². The van der Waals surface area contributed by atoms with E-state index in [1.165, 1.54) is 4.90 Å². The molecular formula is C12H19NO4. The maximum Gasteiger partial charge on any atom is 0.323 e. The molecule has 1 N–H and O–H groups in total. The molecule has 2 fully saturated rings. The van der Waals surface area contributed by atoms with Gasteiger partial charge in [0.2, 0.25) is 5.91 Å². The topological polar surface area (TPSA) is 66.8 Å². The zero-order chi connectivity index (χ0) is 12.6. The number of carbonyl (C=O) groups excluding carboxylic acids is 1. The Hall–Kier alpha value is -1.10. The third-order valence-corrected chi connectivity index (χ3v) is 3.64. The Kier molecular flexibility index (Phi) is 3.38. The van der Waals surface area contributed by atoms with E-state index < -0.39 is 5.97 Å². The lowest BCUT2D eigenvalue weighted by molar-refractivity contribution is -0.148. The fourth-order valence-corrected chi connectivity index (χ4v) is 2.77. The van der Waals surface area contributed by atoms with Crippen LogP contribution in [0.4, 0.5) is 0 Å². The number of aliphatic carboxylic acids is 1. The Balaban J connectivity index is 2.03. The van der Waals surface area contributed by atoms with Gasteiger partial charge in [-0.1, -0.05) is 0 Å². The highest BCUT2D eigenvalue weighted by Gasteiger charge is 2.46. The Bertz CT molecular complexity index is 328. The van der Waals surface area contributed by atoms with Crippen molar-refractivity contribution < 1.29 is 19.4 Å². The third-order valence-electron chi connectivity index (χ3n) is 3.64. The summed E-state index contributed by atoms with van der Waals surface area (Å²) in [6.45, 7) is 3.47. The van der Waals surface area contributed by atoms with Crippen molar-refractivity contribution in [3.8, 4) is 0 Å². The van der Waals surface area contributed by atoms with Crippen LogP contribution in [0.2, 0.25) is 0 Å². The smallest absolute Gasteiger partial charge is 0.323 e. The van der Waals surface area contributed by atoms with Gasteiger partial charge in [0.15, 0.2) is 0 Å². The lowest BCUT2D eigenvalue weighted by atomic mass is 9.88. The average Bonchev–Trinajstić information content (AvgIpc) is 2.85. The van der Waals surface area contributed by atoms with Crippen molar-refractivity contribution in [3.63, 3.8) is 0 Å². The highest BCUT2D eigenvalue weighted by atomic mass is 16.5. The highest BCUT2D eigenvalue weighted by molar-refractivity contribution is 5.84. The van der Waals surface area contributed by atoms with E-state index in [0.717, 1.165) is 19.3 Å². The summed E-state index contributed by atoms with van der Waals surface area (Å²) in [5.41, 5.74) is 0. The van der Waals surface area contributed by atoms with Crippen LogP contribution in [0.1, 0.15) is 33.1 Å². The number of nitrogens with zero attached hydrogens (tertiary/aromatic N) is 1. The summed E-state index contributed by atoms with van der Waals surface area (Å²) in [7, 11) is 0. The van der Waals surface area contributed by atoms with Crippen LogP contribution in [0, 0.1) is 5.92 Å². The molecule has 3 unspecified atom stereocenters. The van der Waals surface area contributed by atoms with Gasteiger partial charge in [-0.15, -0.1) is 0 Å². The molecule has 2 rings (SSSR count). The maximum atomic E-state index is 12.3. The van der Waals surface area contributed by atoms with Crippen molar-refractivity contribution in [1.29, 1.82) is 0 Å². The molecule has 0 aromatic carbocycles. The van der Waals surface area contributed by atoms with E-state index in [1.54, 1.807) is 0 Å². The van der Waals surface area contributed by atoms with E-state index >= 15 is 0 Å². The SMILES string of the molecule is CC(C)N(CC(=O)O)C(=O)C1CC2CCC1O2. The van der Waals surface area contributed by atoms with Gasteiger partial charge in [0, 0.05) is 6.04 Å². The van der Waals surface area contributed by atoms with E-state index in [2.05, 4.69) is 0 Å². The van der Waals surface area contributed by atoms with Gasteiger partial charge in [-0.3, -0.25) is 9.59 Å². The lowest BCUT2D eigenvalue weighted by Gasteiger charge is -2.29. The van der Waals surface area contributed by atoms with Crippen molar-refractivity contribution in [2.75, 3.05) is 6.54 Å². The predicted octanol–water partition coefficient (Wildman–Crippen LogP) is 0.875. The first kappa shape index (κ1) is 12.4. The Morgan fingerprint density at radius 2 is 2.12 bits per heavy atom. The van der Waals surface area contributed by atoms with Gasteiger partial charge in [-0.2, -0.15) is 0 Å². The fraction of sp³-hybridized carbons (Fsp3) is 0.833. The second kappa shape index (κ2) is 4.64. The van der Waals surface area contributed by atoms with Gasteiger partial charge in [0.25, 0.3) is 0 Å². The number of rotatable bonds is 4. The molecule has 5 heteroatoms. The van der Waals surface area contributed by atoms with Crippen LogP contribution in [-0.4, -0.2) is 46.7 Å². The number of carboxylic acids is 1. The number of ether oxygens (including phenoxy) is 1. The van der Waals surface area contributed by atoms with E-state index in [-0.39, 0.29) is 36.6 Å². The second-order valence-electron chi connectivity index (χ2n) is 5.17. The van der Waals surface area contributed by atoms with Crippen LogP contribution in [0.3, 0.4) is 0 Å². The molecule has 2 saturated heterocycles. The highest BCUT2D eigenvalue weighted by Crippen LogP contribution is 2.39. The first-order chi connectivity index (χ1) is 7.99. The Labute approximate surface area is 101 Å². The first-order valence-corrected chi connectivity index (χ1v) is 6.16. The number of carboxylic acid groups (broad SMARTS) is 1. The lowest BCUT2D eigenvalue weighted by Crippen LogP contribution is -2.46. The molecule has 0 radical (unpaired) electrons. The van der Waals surface area contributed by atoms with Gasteiger partial charge in [0.05, 0.1) is 18.1 Å². The van der Waals surface area contributed by atoms with E-state index in [0.29, 0.717) is 0 Å². The summed E-state index contributed by atoms with van der Waals surface area (Å²) in [6, 6.07) is -0.0854. The van der Waals surface area contributed by atoms with Gasteiger partial charge in [-0.25, -0.2) is 0 Å². The fourth-order valence-electron chi connectivity index (χ4n) is 2.77. The summed E-state index contributed by atoms with van der Waals surface area (Å²) in [5, 5.41) is 8.83. The molecule has 0 saturated carbocycles. The average molecular weight is 241 g/mol. The largest absolute Gasteiger partial charge is 0.480 e. The van der Waals surface area contributed by atoms with E-state index in [1.807, 2.05) is 13.8 Å². The summed E-state index contributed by atoms with van der Waals surface area (Å²) < 4.78 is 5.65. The van der Waals surface area contributed by atoms with E-state index in [9.17, 15) is 9.59 Å². The monoisotopic (exact) mass is 241 g/mol. The molecule has 0 aromatic rings. The third kappa shape index (κ3) is 2.44. The summed E-state index contributed by atoms with van der Waals surface area (Å²) in [5.74, 6) is -1.15. The van der Waals surface area contributed by atoms with Gasteiger partial charge in [-0.05, 0) is 33.1 Å². The number of carbonyl (C=O) groups is 2.